The molecular formula is C24H26F4N4O4. The summed E-state index contributed by atoms with van der Waals surface area (Å²) in [4.78, 5) is 26.5. The van der Waals surface area contributed by atoms with Gasteiger partial charge in [-0.15, -0.1) is 13.2 Å². The predicted molar refractivity (Wildman–Crippen MR) is 125 cm³/mol. The van der Waals surface area contributed by atoms with Crippen LogP contribution in [0.15, 0.2) is 42.5 Å². The lowest BCUT2D eigenvalue weighted by atomic mass is 10.0. The van der Waals surface area contributed by atoms with Crippen molar-refractivity contribution in [2.24, 2.45) is 0 Å². The molecule has 12 heteroatoms. The molecule has 0 spiro atoms. The summed E-state index contributed by atoms with van der Waals surface area (Å²) >= 11 is 0. The highest BCUT2D eigenvalue weighted by molar-refractivity contribution is 5.90. The van der Waals surface area contributed by atoms with Crippen LogP contribution in [-0.2, 0) is 9.53 Å². The molecule has 4 rings (SSSR count). The fourth-order valence-electron chi connectivity index (χ4n) is 4.30. The van der Waals surface area contributed by atoms with Gasteiger partial charge in [0, 0.05) is 37.8 Å². The van der Waals surface area contributed by atoms with Crippen LogP contribution in [0.25, 0.3) is 0 Å². The van der Waals surface area contributed by atoms with Crippen molar-refractivity contribution in [1.29, 1.82) is 0 Å². The van der Waals surface area contributed by atoms with Crippen LogP contribution in [-0.4, -0.2) is 56.7 Å². The zero-order chi connectivity index (χ0) is 25.9. The Bertz CT molecular complexity index is 1110. The molecular weight excluding hydrogens is 484 g/mol. The zero-order valence-electron chi connectivity index (χ0n) is 19.5. The summed E-state index contributed by atoms with van der Waals surface area (Å²) in [5.41, 5.74) is 1.28. The third kappa shape index (κ3) is 6.49. The van der Waals surface area contributed by atoms with Gasteiger partial charge in [0.15, 0.2) is 0 Å². The number of nitrogens with zero attached hydrogens (tertiary/aromatic N) is 2. The number of cyclic esters (lactones) is 1. The Kier molecular flexibility index (Phi) is 7.41. The second kappa shape index (κ2) is 10.5. The van der Waals surface area contributed by atoms with Gasteiger partial charge in [-0.25, -0.2) is 9.18 Å². The summed E-state index contributed by atoms with van der Waals surface area (Å²) in [5, 5.41) is 5.81. The van der Waals surface area contributed by atoms with Crippen LogP contribution in [0.5, 0.6) is 5.75 Å². The molecule has 2 heterocycles. The van der Waals surface area contributed by atoms with Gasteiger partial charge in [-0.3, -0.25) is 9.69 Å². The molecule has 2 aliphatic rings. The quantitative estimate of drug-likeness (QED) is 0.542. The minimum atomic E-state index is -4.76. The molecule has 2 aromatic carbocycles. The molecule has 0 aliphatic carbocycles. The van der Waals surface area contributed by atoms with E-state index in [1.165, 1.54) is 36.1 Å². The molecule has 0 saturated carbocycles. The normalized spacial score (nSPS) is 18.7. The van der Waals surface area contributed by atoms with E-state index in [2.05, 4.69) is 15.4 Å². The SMILES string of the molecule is CC(=O)NC[C@H]1CN(c2ccc(N3CCC(Nc4cccc(OC(F)(F)F)c4)CC3)c(F)c2)C(=O)O1. The molecule has 8 nitrogen and oxygen atoms in total. The number of anilines is 3. The van der Waals surface area contributed by atoms with E-state index in [1.54, 1.807) is 18.2 Å². The lowest BCUT2D eigenvalue weighted by molar-refractivity contribution is -0.274. The van der Waals surface area contributed by atoms with E-state index >= 15 is 0 Å². The summed E-state index contributed by atoms with van der Waals surface area (Å²) < 4.78 is 61.5. The van der Waals surface area contributed by atoms with E-state index < -0.39 is 24.4 Å². The van der Waals surface area contributed by atoms with E-state index in [0.29, 0.717) is 43.0 Å². The molecule has 2 amide bonds. The number of carbonyl (C=O) groups excluding carboxylic acids is 2. The molecule has 0 bridgehead atoms. The first-order chi connectivity index (χ1) is 17.1. The fourth-order valence-corrected chi connectivity index (χ4v) is 4.30. The van der Waals surface area contributed by atoms with Crippen LogP contribution in [0.2, 0.25) is 0 Å². The van der Waals surface area contributed by atoms with Crippen molar-refractivity contribution in [3.05, 3.63) is 48.3 Å². The van der Waals surface area contributed by atoms with Crippen LogP contribution >= 0.6 is 0 Å². The third-order valence-corrected chi connectivity index (χ3v) is 5.97. The number of halogens is 4. The van der Waals surface area contributed by atoms with Gasteiger partial charge in [-0.1, -0.05) is 6.07 Å². The first-order valence-electron chi connectivity index (χ1n) is 11.5. The van der Waals surface area contributed by atoms with Gasteiger partial charge in [-0.05, 0) is 43.2 Å². The number of alkyl halides is 3. The number of piperidine rings is 1. The van der Waals surface area contributed by atoms with Crippen molar-refractivity contribution in [2.45, 2.75) is 38.3 Å². The van der Waals surface area contributed by atoms with Crippen molar-refractivity contribution < 1.29 is 36.6 Å². The van der Waals surface area contributed by atoms with Crippen LogP contribution in [0, 0.1) is 5.82 Å². The predicted octanol–water partition coefficient (Wildman–Crippen LogP) is 4.27. The maximum absolute atomic E-state index is 15.0. The fraction of sp³-hybridized carbons (Fsp3) is 0.417. The maximum atomic E-state index is 15.0. The first kappa shape index (κ1) is 25.4. The van der Waals surface area contributed by atoms with Crippen molar-refractivity contribution in [3.63, 3.8) is 0 Å². The van der Waals surface area contributed by atoms with Crippen molar-refractivity contribution in [1.82, 2.24) is 5.32 Å². The summed E-state index contributed by atoms with van der Waals surface area (Å²) in [6.07, 6.45) is -4.58. The topological polar surface area (TPSA) is 83.1 Å². The largest absolute Gasteiger partial charge is 0.573 e. The number of benzene rings is 2. The Balaban J connectivity index is 1.32. The van der Waals surface area contributed by atoms with E-state index in [1.807, 2.05) is 4.90 Å². The van der Waals surface area contributed by atoms with Gasteiger partial charge in [0.1, 0.15) is 17.7 Å². The second-order valence-corrected chi connectivity index (χ2v) is 8.67. The molecule has 194 valence electrons. The van der Waals surface area contributed by atoms with Crippen molar-refractivity contribution in [2.75, 3.05) is 41.3 Å². The number of hydrogen-bond acceptors (Lipinski definition) is 6. The Morgan fingerprint density at radius 3 is 2.58 bits per heavy atom. The van der Waals surface area contributed by atoms with Gasteiger partial charge >= 0.3 is 12.5 Å². The van der Waals surface area contributed by atoms with Gasteiger partial charge in [0.05, 0.1) is 24.5 Å². The Morgan fingerprint density at radius 2 is 1.92 bits per heavy atom. The molecule has 2 fully saturated rings. The first-order valence-corrected chi connectivity index (χ1v) is 11.5. The van der Waals surface area contributed by atoms with Gasteiger partial charge < -0.3 is 25.0 Å². The summed E-state index contributed by atoms with van der Waals surface area (Å²) in [5.74, 6) is -1.01. The minimum Gasteiger partial charge on any atom is -0.442 e. The lowest BCUT2D eigenvalue weighted by Gasteiger charge is -2.34. The van der Waals surface area contributed by atoms with Crippen LogP contribution in [0.4, 0.5) is 39.4 Å². The summed E-state index contributed by atoms with van der Waals surface area (Å²) in [7, 11) is 0. The molecule has 0 unspecified atom stereocenters. The molecule has 2 aromatic rings. The number of hydrogen-bond donors (Lipinski definition) is 2. The molecule has 2 aliphatic heterocycles. The van der Waals surface area contributed by atoms with Crippen LogP contribution in [0.1, 0.15) is 19.8 Å². The molecule has 36 heavy (non-hydrogen) atoms. The number of rotatable bonds is 7. The average Bonchev–Trinajstić information content (AvgIpc) is 3.18. The monoisotopic (exact) mass is 510 g/mol. The number of ether oxygens (including phenoxy) is 2. The highest BCUT2D eigenvalue weighted by Gasteiger charge is 2.33. The minimum absolute atomic E-state index is 0.00429. The standard InChI is InChI=1S/C24H26F4N4O4/c1-15(33)29-13-20-14-32(23(34)35-20)18-5-6-22(21(25)12-18)31-9-7-16(8-10-31)30-17-3-2-4-19(11-17)36-24(26,27)28/h2-6,11-12,16,20,30H,7-10,13-14H2,1H3,(H,29,33)/t20-/m0/s1. The molecule has 1 atom stereocenters. The number of nitrogens with one attached hydrogen (secondary N) is 2. The van der Waals surface area contributed by atoms with Gasteiger partial charge in [-0.2, -0.15) is 0 Å². The molecule has 2 saturated heterocycles. The van der Waals surface area contributed by atoms with E-state index in [9.17, 15) is 27.2 Å². The zero-order valence-corrected chi connectivity index (χ0v) is 19.5. The third-order valence-electron chi connectivity index (χ3n) is 5.97. The highest BCUT2D eigenvalue weighted by atomic mass is 19.4. The Labute approximate surface area is 205 Å². The average molecular weight is 510 g/mol. The molecule has 0 aromatic heterocycles. The summed E-state index contributed by atoms with van der Waals surface area (Å²) in [6.45, 7) is 2.83. The van der Waals surface area contributed by atoms with Crippen LogP contribution in [0.3, 0.4) is 0 Å². The smallest absolute Gasteiger partial charge is 0.442 e. The maximum Gasteiger partial charge on any atom is 0.573 e. The number of amides is 2. The Hall–Kier alpha value is -3.70. The van der Waals surface area contributed by atoms with E-state index in [0.717, 1.165) is 0 Å². The highest BCUT2D eigenvalue weighted by Crippen LogP contribution is 2.31. The second-order valence-electron chi connectivity index (χ2n) is 8.67. The lowest BCUT2D eigenvalue weighted by Crippen LogP contribution is -2.39. The van der Waals surface area contributed by atoms with Gasteiger partial charge in [0.2, 0.25) is 5.91 Å². The summed E-state index contributed by atoms with van der Waals surface area (Å²) in [6, 6.07) is 10.2. The molecule has 2 N–H and O–H groups in total. The van der Waals surface area contributed by atoms with Gasteiger partial charge in [0.25, 0.3) is 0 Å². The molecule has 0 radical (unpaired) electrons. The van der Waals surface area contributed by atoms with E-state index in [4.69, 9.17) is 4.74 Å². The van der Waals surface area contributed by atoms with Crippen molar-refractivity contribution >= 4 is 29.1 Å². The van der Waals surface area contributed by atoms with E-state index in [-0.39, 0.29) is 30.8 Å². The van der Waals surface area contributed by atoms with Crippen molar-refractivity contribution in [3.8, 4) is 5.75 Å². The van der Waals surface area contributed by atoms with Crippen LogP contribution < -0.4 is 25.2 Å². The number of carbonyl (C=O) groups is 2. The Morgan fingerprint density at radius 1 is 1.17 bits per heavy atom.